The van der Waals surface area contributed by atoms with Crippen molar-refractivity contribution in [2.75, 3.05) is 25.1 Å². The summed E-state index contributed by atoms with van der Waals surface area (Å²) in [6.45, 7) is 2.15. The zero-order valence-corrected chi connectivity index (χ0v) is 12.4. The maximum absolute atomic E-state index is 6.10. The maximum Gasteiger partial charge on any atom is 0.163 e. The van der Waals surface area contributed by atoms with Gasteiger partial charge in [-0.25, -0.2) is 0 Å². The molecule has 1 N–H and O–H groups in total. The van der Waals surface area contributed by atoms with Gasteiger partial charge in [0.1, 0.15) is 13.2 Å². The smallest absolute Gasteiger partial charge is 0.163 e. The van der Waals surface area contributed by atoms with Crippen LogP contribution in [0.15, 0.2) is 18.2 Å². The number of hydrogen-bond donors (Lipinski definition) is 1. The molecule has 114 valence electrons. The summed E-state index contributed by atoms with van der Waals surface area (Å²) in [7, 11) is 0. The van der Waals surface area contributed by atoms with Crippen LogP contribution in [0, 0.1) is 0 Å². The molecule has 2 heterocycles. The first-order valence-corrected chi connectivity index (χ1v) is 8.13. The van der Waals surface area contributed by atoms with E-state index in [0.717, 1.165) is 36.6 Å². The lowest BCUT2D eigenvalue weighted by Crippen LogP contribution is -2.42. The Balaban J connectivity index is 1.45. The average Bonchev–Trinajstić information content (AvgIpc) is 2.95. The molecule has 4 rings (SSSR count). The summed E-state index contributed by atoms with van der Waals surface area (Å²) in [6.07, 6.45) is 7.30. The highest BCUT2D eigenvalue weighted by Crippen LogP contribution is 2.41. The van der Waals surface area contributed by atoms with Gasteiger partial charge in [-0.05, 0) is 37.8 Å². The molecule has 0 amide bonds. The summed E-state index contributed by atoms with van der Waals surface area (Å²) < 4.78 is 17.3. The lowest BCUT2D eigenvalue weighted by Gasteiger charge is -2.39. The Labute approximate surface area is 125 Å². The Morgan fingerprint density at radius 3 is 2.67 bits per heavy atom. The molecule has 2 aliphatic heterocycles. The van der Waals surface area contributed by atoms with E-state index >= 15 is 0 Å². The molecule has 1 spiro atoms. The molecule has 4 nitrogen and oxygen atoms in total. The molecule has 21 heavy (non-hydrogen) atoms. The van der Waals surface area contributed by atoms with Gasteiger partial charge in [-0.2, -0.15) is 0 Å². The second-order valence-electron chi connectivity index (χ2n) is 6.43. The molecule has 3 aliphatic rings. The van der Waals surface area contributed by atoms with Crippen molar-refractivity contribution in [2.24, 2.45) is 0 Å². The minimum absolute atomic E-state index is 0.156. The van der Waals surface area contributed by atoms with E-state index in [1.807, 2.05) is 6.07 Å². The molecule has 1 aromatic carbocycles. The van der Waals surface area contributed by atoms with E-state index in [-0.39, 0.29) is 5.60 Å². The topological polar surface area (TPSA) is 39.7 Å². The molecule has 0 radical (unpaired) electrons. The van der Waals surface area contributed by atoms with Gasteiger partial charge in [-0.3, -0.25) is 0 Å². The lowest BCUT2D eigenvalue weighted by atomic mass is 9.89. The summed E-state index contributed by atoms with van der Waals surface area (Å²) in [4.78, 5) is 0. The number of benzene rings is 1. The van der Waals surface area contributed by atoms with Crippen LogP contribution in [-0.2, 0) is 4.74 Å². The van der Waals surface area contributed by atoms with Gasteiger partial charge in [0, 0.05) is 24.4 Å². The molecular formula is C17H23NO3. The summed E-state index contributed by atoms with van der Waals surface area (Å²) in [5.41, 5.74) is 1.28. The molecule has 1 aromatic rings. The Hall–Kier alpha value is -1.42. The standard InChI is InChI=1S/C17H23NO3/c1-2-7-17(6-1)12-14(5-8-21-17)18-13-3-4-15-16(11-13)20-10-9-19-15/h3-4,11,14,18H,1-2,5-10,12H2. The van der Waals surface area contributed by atoms with Crippen molar-refractivity contribution in [2.45, 2.75) is 50.2 Å². The van der Waals surface area contributed by atoms with Crippen LogP contribution in [0.1, 0.15) is 38.5 Å². The summed E-state index contributed by atoms with van der Waals surface area (Å²) in [5.74, 6) is 1.71. The summed E-state index contributed by atoms with van der Waals surface area (Å²) >= 11 is 0. The Kier molecular flexibility index (Phi) is 3.42. The maximum atomic E-state index is 6.10. The van der Waals surface area contributed by atoms with Crippen molar-refractivity contribution in [1.82, 2.24) is 0 Å². The molecule has 0 bridgehead atoms. The van der Waals surface area contributed by atoms with Crippen LogP contribution in [-0.4, -0.2) is 31.5 Å². The van der Waals surface area contributed by atoms with E-state index in [1.54, 1.807) is 0 Å². The van der Waals surface area contributed by atoms with Crippen LogP contribution < -0.4 is 14.8 Å². The molecule has 2 fully saturated rings. The Morgan fingerprint density at radius 2 is 1.81 bits per heavy atom. The van der Waals surface area contributed by atoms with E-state index in [4.69, 9.17) is 14.2 Å². The van der Waals surface area contributed by atoms with Gasteiger partial charge in [0.25, 0.3) is 0 Å². The third-order valence-electron chi connectivity index (χ3n) is 4.92. The van der Waals surface area contributed by atoms with Gasteiger partial charge >= 0.3 is 0 Å². The third-order valence-corrected chi connectivity index (χ3v) is 4.92. The van der Waals surface area contributed by atoms with Gasteiger partial charge in [-0.15, -0.1) is 0 Å². The van der Waals surface area contributed by atoms with Crippen molar-refractivity contribution in [3.8, 4) is 11.5 Å². The molecular weight excluding hydrogens is 266 g/mol. The van der Waals surface area contributed by atoms with Gasteiger partial charge in [0.2, 0.25) is 0 Å². The summed E-state index contributed by atoms with van der Waals surface area (Å²) in [5, 5.41) is 3.67. The van der Waals surface area contributed by atoms with Crippen LogP contribution in [0.2, 0.25) is 0 Å². The molecule has 1 aliphatic carbocycles. The van der Waals surface area contributed by atoms with Gasteiger partial charge in [0.15, 0.2) is 11.5 Å². The van der Waals surface area contributed by atoms with Crippen molar-refractivity contribution in [3.63, 3.8) is 0 Å². The lowest BCUT2D eigenvalue weighted by molar-refractivity contribution is -0.0767. The van der Waals surface area contributed by atoms with Gasteiger partial charge < -0.3 is 19.5 Å². The van der Waals surface area contributed by atoms with E-state index < -0.39 is 0 Å². The van der Waals surface area contributed by atoms with E-state index in [0.29, 0.717) is 19.3 Å². The van der Waals surface area contributed by atoms with E-state index in [1.165, 1.54) is 25.7 Å². The van der Waals surface area contributed by atoms with Crippen LogP contribution in [0.25, 0.3) is 0 Å². The highest BCUT2D eigenvalue weighted by atomic mass is 16.6. The fourth-order valence-corrected chi connectivity index (χ4v) is 3.89. The zero-order valence-electron chi connectivity index (χ0n) is 12.4. The molecule has 4 heteroatoms. The fraction of sp³-hybridized carbons (Fsp3) is 0.647. The first-order valence-electron chi connectivity index (χ1n) is 8.13. The average molecular weight is 289 g/mol. The second-order valence-corrected chi connectivity index (χ2v) is 6.43. The first kappa shape index (κ1) is 13.3. The number of ether oxygens (including phenoxy) is 3. The predicted molar refractivity (Wildman–Crippen MR) is 81.2 cm³/mol. The fourth-order valence-electron chi connectivity index (χ4n) is 3.89. The molecule has 1 saturated carbocycles. The number of nitrogens with one attached hydrogen (secondary N) is 1. The number of rotatable bonds is 2. The largest absolute Gasteiger partial charge is 0.486 e. The van der Waals surface area contributed by atoms with E-state index in [9.17, 15) is 0 Å². The third kappa shape index (κ3) is 2.69. The highest BCUT2D eigenvalue weighted by molar-refractivity contribution is 5.55. The van der Waals surface area contributed by atoms with Crippen molar-refractivity contribution < 1.29 is 14.2 Å². The minimum atomic E-state index is 0.156. The SMILES string of the molecule is c1cc2c(cc1NC1CCOC3(CCCC3)C1)OCCO2. The Morgan fingerprint density at radius 1 is 1.00 bits per heavy atom. The molecule has 1 saturated heterocycles. The zero-order chi connectivity index (χ0) is 14.1. The van der Waals surface area contributed by atoms with Crippen LogP contribution in [0.4, 0.5) is 5.69 Å². The van der Waals surface area contributed by atoms with Crippen molar-refractivity contribution in [3.05, 3.63) is 18.2 Å². The monoisotopic (exact) mass is 289 g/mol. The van der Waals surface area contributed by atoms with Gasteiger partial charge in [0.05, 0.1) is 5.60 Å². The molecule has 1 unspecified atom stereocenters. The van der Waals surface area contributed by atoms with Gasteiger partial charge in [-0.1, -0.05) is 12.8 Å². The quantitative estimate of drug-likeness (QED) is 0.906. The number of anilines is 1. The van der Waals surface area contributed by atoms with Crippen molar-refractivity contribution >= 4 is 5.69 Å². The van der Waals surface area contributed by atoms with E-state index in [2.05, 4.69) is 17.4 Å². The highest BCUT2D eigenvalue weighted by Gasteiger charge is 2.39. The first-order chi connectivity index (χ1) is 10.3. The van der Waals surface area contributed by atoms with Crippen LogP contribution >= 0.6 is 0 Å². The number of hydrogen-bond acceptors (Lipinski definition) is 4. The Bertz CT molecular complexity index is 511. The van der Waals surface area contributed by atoms with Crippen LogP contribution in [0.5, 0.6) is 11.5 Å². The second kappa shape index (κ2) is 5.41. The minimum Gasteiger partial charge on any atom is -0.486 e. The predicted octanol–water partition coefficient (Wildman–Crippen LogP) is 3.36. The van der Waals surface area contributed by atoms with Crippen LogP contribution in [0.3, 0.4) is 0 Å². The number of fused-ring (bicyclic) bond motifs is 1. The molecule has 1 atom stereocenters. The van der Waals surface area contributed by atoms with Crippen molar-refractivity contribution in [1.29, 1.82) is 0 Å². The normalized spacial score (nSPS) is 26.8. The molecule has 0 aromatic heterocycles. The summed E-state index contributed by atoms with van der Waals surface area (Å²) in [6, 6.07) is 6.65.